The number of aryl methyl sites for hydroxylation is 2. The average molecular weight is 487 g/mol. The number of nitrogens with two attached hydrogens (primary N) is 1. The molecule has 1 aromatic carbocycles. The van der Waals surface area contributed by atoms with Crippen LogP contribution in [0.15, 0.2) is 29.7 Å². The molecule has 1 saturated heterocycles. The van der Waals surface area contributed by atoms with Crippen molar-refractivity contribution in [3.8, 4) is 0 Å². The van der Waals surface area contributed by atoms with Crippen molar-refractivity contribution in [2.24, 2.45) is 5.92 Å². The van der Waals surface area contributed by atoms with Gasteiger partial charge in [-0.2, -0.15) is 4.31 Å². The van der Waals surface area contributed by atoms with Crippen LogP contribution >= 0.6 is 0 Å². The Morgan fingerprint density at radius 3 is 2.65 bits per heavy atom. The Bertz CT molecular complexity index is 1310. The van der Waals surface area contributed by atoms with E-state index in [0.29, 0.717) is 54.5 Å². The van der Waals surface area contributed by atoms with Gasteiger partial charge in [-0.1, -0.05) is 6.92 Å². The first kappa shape index (κ1) is 24.1. The maximum Gasteiger partial charge on any atom is 0.338 e. The number of rotatable bonds is 7. The highest BCUT2D eigenvalue weighted by atomic mass is 32.2. The number of piperidine rings is 1. The Balaban J connectivity index is 1.43. The first-order chi connectivity index (χ1) is 16.2. The van der Waals surface area contributed by atoms with E-state index in [2.05, 4.69) is 21.9 Å². The summed E-state index contributed by atoms with van der Waals surface area (Å²) in [5.41, 5.74) is 8.59. The third-order valence-electron chi connectivity index (χ3n) is 6.42. The summed E-state index contributed by atoms with van der Waals surface area (Å²) in [6.07, 6.45) is 5.21. The Labute approximate surface area is 199 Å². The molecule has 0 radical (unpaired) electrons. The van der Waals surface area contributed by atoms with Gasteiger partial charge in [0.1, 0.15) is 11.8 Å². The van der Waals surface area contributed by atoms with Crippen molar-refractivity contribution in [3.63, 3.8) is 0 Å². The van der Waals surface area contributed by atoms with E-state index in [-0.39, 0.29) is 17.1 Å². The van der Waals surface area contributed by atoms with Gasteiger partial charge in [0.2, 0.25) is 10.0 Å². The second-order valence-electron chi connectivity index (χ2n) is 8.86. The molecule has 11 heteroatoms. The zero-order valence-corrected chi connectivity index (χ0v) is 20.5. The molecule has 2 aromatic heterocycles. The Kier molecular flexibility index (Phi) is 6.85. The number of hydrogen-bond acceptors (Lipinski definition) is 8. The summed E-state index contributed by atoms with van der Waals surface area (Å²) in [7, 11) is -3.68. The van der Waals surface area contributed by atoms with Crippen LogP contribution in [-0.2, 0) is 21.3 Å². The van der Waals surface area contributed by atoms with E-state index in [1.807, 2.05) is 4.57 Å². The lowest BCUT2D eigenvalue weighted by Crippen LogP contribution is -2.38. The Morgan fingerprint density at radius 1 is 1.18 bits per heavy atom. The van der Waals surface area contributed by atoms with Crippen LogP contribution in [0.25, 0.3) is 11.2 Å². The molecule has 1 aliphatic heterocycles. The van der Waals surface area contributed by atoms with E-state index < -0.39 is 16.0 Å². The monoisotopic (exact) mass is 486 g/mol. The third kappa shape index (κ3) is 4.76. The largest absolute Gasteiger partial charge is 0.462 e. The molecule has 3 heterocycles. The molecule has 1 aliphatic rings. The van der Waals surface area contributed by atoms with E-state index in [4.69, 9.17) is 10.5 Å². The van der Waals surface area contributed by atoms with Crippen LogP contribution in [0, 0.1) is 19.8 Å². The number of aromatic nitrogens is 4. The molecule has 0 saturated carbocycles. The van der Waals surface area contributed by atoms with Crippen molar-refractivity contribution >= 4 is 33.0 Å². The SMILES string of the molecule is Cc1cc(C(=O)OCCCn2cnc3c(N)ncnc32)cc(S(=O)(=O)N2CCC(C)CC2)c1C. The predicted octanol–water partition coefficient (Wildman–Crippen LogP) is 2.69. The van der Waals surface area contributed by atoms with Gasteiger partial charge in [-0.05, 0) is 62.3 Å². The fourth-order valence-corrected chi connectivity index (χ4v) is 5.92. The zero-order valence-electron chi connectivity index (χ0n) is 19.7. The molecule has 34 heavy (non-hydrogen) atoms. The minimum absolute atomic E-state index is 0.165. The number of anilines is 1. The highest BCUT2D eigenvalue weighted by molar-refractivity contribution is 7.89. The first-order valence-electron chi connectivity index (χ1n) is 11.4. The van der Waals surface area contributed by atoms with Gasteiger partial charge in [0.25, 0.3) is 0 Å². The summed E-state index contributed by atoms with van der Waals surface area (Å²) in [4.78, 5) is 25.2. The standard InChI is InChI=1S/C23H30N6O4S/c1-15-5-8-29(9-6-15)34(31,32)19-12-18(11-16(2)17(19)3)23(30)33-10-4-7-28-14-27-20-21(24)25-13-26-22(20)28/h11-15H,4-10H2,1-3H3,(H2,24,25,26). The van der Waals surface area contributed by atoms with Gasteiger partial charge >= 0.3 is 5.97 Å². The molecule has 10 nitrogen and oxygen atoms in total. The van der Waals surface area contributed by atoms with Gasteiger partial charge in [0, 0.05) is 19.6 Å². The molecule has 1 fully saturated rings. The highest BCUT2D eigenvalue weighted by Gasteiger charge is 2.30. The minimum Gasteiger partial charge on any atom is -0.462 e. The van der Waals surface area contributed by atoms with Crippen molar-refractivity contribution in [1.82, 2.24) is 23.8 Å². The van der Waals surface area contributed by atoms with Crippen molar-refractivity contribution in [3.05, 3.63) is 41.5 Å². The second-order valence-corrected chi connectivity index (χ2v) is 10.8. The summed E-state index contributed by atoms with van der Waals surface area (Å²) in [5, 5.41) is 0. The van der Waals surface area contributed by atoms with Crippen LogP contribution in [0.3, 0.4) is 0 Å². The molecule has 0 spiro atoms. The number of nitrogens with zero attached hydrogens (tertiary/aromatic N) is 5. The van der Waals surface area contributed by atoms with Crippen molar-refractivity contribution in [2.75, 3.05) is 25.4 Å². The van der Waals surface area contributed by atoms with E-state index in [1.54, 1.807) is 26.2 Å². The summed E-state index contributed by atoms with van der Waals surface area (Å²) >= 11 is 0. The summed E-state index contributed by atoms with van der Waals surface area (Å²) in [6, 6.07) is 3.12. The van der Waals surface area contributed by atoms with Crippen LogP contribution in [0.2, 0.25) is 0 Å². The van der Waals surface area contributed by atoms with Crippen LogP contribution in [0.5, 0.6) is 0 Å². The third-order valence-corrected chi connectivity index (χ3v) is 8.45. The zero-order chi connectivity index (χ0) is 24.5. The lowest BCUT2D eigenvalue weighted by Gasteiger charge is -2.30. The molecule has 0 unspecified atom stereocenters. The molecule has 0 amide bonds. The topological polar surface area (TPSA) is 133 Å². The Hall–Kier alpha value is -3.05. The first-order valence-corrected chi connectivity index (χ1v) is 12.8. The average Bonchev–Trinajstić information content (AvgIpc) is 3.23. The quantitative estimate of drug-likeness (QED) is 0.398. The number of sulfonamides is 1. The predicted molar refractivity (Wildman–Crippen MR) is 128 cm³/mol. The maximum absolute atomic E-state index is 13.3. The molecule has 182 valence electrons. The van der Waals surface area contributed by atoms with Crippen molar-refractivity contribution in [2.45, 2.75) is 51.5 Å². The molecule has 2 N–H and O–H groups in total. The number of esters is 1. The highest BCUT2D eigenvalue weighted by Crippen LogP contribution is 2.28. The number of carbonyl (C=O) groups excluding carboxylic acids is 1. The lowest BCUT2D eigenvalue weighted by molar-refractivity contribution is 0.0496. The van der Waals surface area contributed by atoms with Crippen LogP contribution in [0.4, 0.5) is 5.82 Å². The number of nitrogen functional groups attached to an aromatic ring is 1. The van der Waals surface area contributed by atoms with Gasteiger partial charge in [-0.25, -0.2) is 28.2 Å². The summed E-state index contributed by atoms with van der Waals surface area (Å²) in [6.45, 7) is 7.40. The molecular weight excluding hydrogens is 456 g/mol. The molecule has 3 aromatic rings. The van der Waals surface area contributed by atoms with Gasteiger partial charge in [0.15, 0.2) is 11.5 Å². The summed E-state index contributed by atoms with van der Waals surface area (Å²) in [5.74, 6) is 0.282. The molecule has 0 bridgehead atoms. The number of fused-ring (bicyclic) bond motifs is 1. The minimum atomic E-state index is -3.68. The van der Waals surface area contributed by atoms with Gasteiger partial charge in [-0.15, -0.1) is 0 Å². The van der Waals surface area contributed by atoms with E-state index in [1.165, 1.54) is 16.7 Å². The van der Waals surface area contributed by atoms with Crippen LogP contribution in [-0.4, -0.2) is 57.9 Å². The Morgan fingerprint density at radius 2 is 1.91 bits per heavy atom. The van der Waals surface area contributed by atoms with E-state index in [9.17, 15) is 13.2 Å². The number of imidazole rings is 1. The molecule has 0 aliphatic carbocycles. The molecule has 4 rings (SSSR count). The van der Waals surface area contributed by atoms with Crippen molar-refractivity contribution < 1.29 is 17.9 Å². The lowest BCUT2D eigenvalue weighted by atomic mass is 10.0. The van der Waals surface area contributed by atoms with E-state index in [0.717, 1.165) is 18.4 Å². The normalized spacial score (nSPS) is 15.6. The van der Waals surface area contributed by atoms with Gasteiger partial charge in [0.05, 0.1) is 23.4 Å². The fourth-order valence-electron chi connectivity index (χ4n) is 4.12. The number of hydrogen-bond donors (Lipinski definition) is 1. The number of carbonyl (C=O) groups is 1. The van der Waals surface area contributed by atoms with Crippen molar-refractivity contribution in [1.29, 1.82) is 0 Å². The van der Waals surface area contributed by atoms with E-state index >= 15 is 0 Å². The maximum atomic E-state index is 13.3. The van der Waals surface area contributed by atoms with Gasteiger partial charge in [-0.3, -0.25) is 0 Å². The van der Waals surface area contributed by atoms with Gasteiger partial charge < -0.3 is 15.0 Å². The number of benzene rings is 1. The molecular formula is C23H30N6O4S. The van der Waals surface area contributed by atoms with Crippen LogP contribution in [0.1, 0.15) is 47.7 Å². The summed E-state index contributed by atoms with van der Waals surface area (Å²) < 4.78 is 35.4. The molecule has 0 atom stereocenters. The fraction of sp³-hybridized carbons (Fsp3) is 0.478. The number of ether oxygens (including phenoxy) is 1. The smallest absolute Gasteiger partial charge is 0.338 e. The second kappa shape index (κ2) is 9.67. The van der Waals surface area contributed by atoms with Crippen LogP contribution < -0.4 is 5.73 Å².